The Morgan fingerprint density at radius 1 is 1.25 bits per heavy atom. The van der Waals surface area contributed by atoms with Crippen molar-refractivity contribution in [1.29, 1.82) is 0 Å². The molecule has 0 spiro atoms. The normalized spacial score (nSPS) is 25.5. The van der Waals surface area contributed by atoms with Crippen molar-refractivity contribution in [3.05, 3.63) is 28.8 Å². The van der Waals surface area contributed by atoms with Crippen molar-refractivity contribution in [2.75, 3.05) is 51.6 Å². The van der Waals surface area contributed by atoms with E-state index in [1.165, 1.54) is 13.5 Å². The fourth-order valence-electron chi connectivity index (χ4n) is 4.32. The Morgan fingerprint density at radius 2 is 1.96 bits per heavy atom. The van der Waals surface area contributed by atoms with Crippen LogP contribution in [-0.4, -0.2) is 68.6 Å². The number of benzene rings is 1. The fourth-order valence-corrected chi connectivity index (χ4v) is 4.57. The van der Waals surface area contributed by atoms with Gasteiger partial charge in [0.1, 0.15) is 0 Å². The van der Waals surface area contributed by atoms with Gasteiger partial charge in [-0.15, -0.1) is 0 Å². The number of amides is 2. The van der Waals surface area contributed by atoms with Gasteiger partial charge in [0, 0.05) is 50.4 Å². The first-order valence-electron chi connectivity index (χ1n) is 11.9. The van der Waals surface area contributed by atoms with Crippen LogP contribution in [0.4, 0.5) is 10.5 Å². The summed E-state index contributed by atoms with van der Waals surface area (Å²) in [4.78, 5) is 17.8. The molecule has 6 heteroatoms. The SMILES string of the molecule is [2H]C([2H])([2H])N(C)C(=O)NC1CCC(CCN2CCN(c3cccc(C)c3Cl)CC2)CC1. The summed E-state index contributed by atoms with van der Waals surface area (Å²) in [5.41, 5.74) is 2.27. The molecule has 1 aromatic rings. The zero-order valence-electron chi connectivity index (χ0n) is 20.1. The maximum Gasteiger partial charge on any atom is 0.317 e. The first-order valence-corrected chi connectivity index (χ1v) is 10.8. The molecule has 1 aliphatic carbocycles. The van der Waals surface area contributed by atoms with Crippen LogP contribution in [0, 0.1) is 12.8 Å². The van der Waals surface area contributed by atoms with Gasteiger partial charge in [0.15, 0.2) is 0 Å². The highest BCUT2D eigenvalue weighted by atomic mass is 35.5. The number of piperazine rings is 1. The Balaban J connectivity index is 1.35. The van der Waals surface area contributed by atoms with Crippen molar-refractivity contribution in [3.63, 3.8) is 0 Å². The molecule has 5 nitrogen and oxygen atoms in total. The molecule has 0 unspecified atom stereocenters. The average Bonchev–Trinajstić information content (AvgIpc) is 2.74. The van der Waals surface area contributed by atoms with Crippen LogP contribution in [0.3, 0.4) is 0 Å². The number of hydrogen-bond donors (Lipinski definition) is 1. The molecule has 2 fully saturated rings. The first-order chi connectivity index (χ1) is 14.6. The van der Waals surface area contributed by atoms with E-state index in [0.29, 0.717) is 5.92 Å². The number of aryl methyl sites for hydroxylation is 1. The van der Waals surface area contributed by atoms with Gasteiger partial charge in [-0.25, -0.2) is 4.79 Å². The quantitative estimate of drug-likeness (QED) is 0.799. The number of halogens is 1. The van der Waals surface area contributed by atoms with Gasteiger partial charge < -0.3 is 15.1 Å². The Labute approximate surface area is 179 Å². The zero-order chi connectivity index (χ0) is 22.6. The van der Waals surface area contributed by atoms with E-state index in [1.807, 2.05) is 13.0 Å². The van der Waals surface area contributed by atoms with Crippen LogP contribution in [0.5, 0.6) is 0 Å². The third-order valence-electron chi connectivity index (χ3n) is 6.22. The number of nitrogens with zero attached hydrogens (tertiary/aromatic N) is 3. The maximum absolute atomic E-state index is 12.1. The van der Waals surface area contributed by atoms with Crippen LogP contribution < -0.4 is 10.2 Å². The largest absolute Gasteiger partial charge is 0.368 e. The van der Waals surface area contributed by atoms with Crippen molar-refractivity contribution < 1.29 is 8.91 Å². The number of urea groups is 1. The highest BCUT2D eigenvalue weighted by molar-refractivity contribution is 6.34. The Morgan fingerprint density at radius 3 is 2.64 bits per heavy atom. The molecule has 28 heavy (non-hydrogen) atoms. The molecule has 0 aromatic heterocycles. The van der Waals surface area contributed by atoms with Crippen LogP contribution in [0.2, 0.25) is 5.02 Å². The monoisotopic (exact) mass is 409 g/mol. The van der Waals surface area contributed by atoms with E-state index in [0.717, 1.165) is 79.6 Å². The molecule has 1 N–H and O–H groups in total. The second kappa shape index (κ2) is 9.84. The number of anilines is 1. The topological polar surface area (TPSA) is 38.8 Å². The van der Waals surface area contributed by atoms with Crippen molar-refractivity contribution in [1.82, 2.24) is 15.1 Å². The van der Waals surface area contributed by atoms with E-state index in [1.54, 1.807) is 0 Å². The highest BCUT2D eigenvalue weighted by Gasteiger charge is 2.24. The van der Waals surface area contributed by atoms with Crippen molar-refractivity contribution in [2.24, 2.45) is 5.92 Å². The van der Waals surface area contributed by atoms with Crippen molar-refractivity contribution in [2.45, 2.75) is 45.1 Å². The molecule has 1 aliphatic heterocycles. The van der Waals surface area contributed by atoms with Gasteiger partial charge >= 0.3 is 6.03 Å². The minimum absolute atomic E-state index is 0.0798. The minimum atomic E-state index is -2.39. The summed E-state index contributed by atoms with van der Waals surface area (Å²) in [7, 11) is 1.32. The first kappa shape index (κ1) is 17.4. The summed E-state index contributed by atoms with van der Waals surface area (Å²) >= 11 is 6.50. The van der Waals surface area contributed by atoms with Gasteiger partial charge in [-0.05, 0) is 63.1 Å². The smallest absolute Gasteiger partial charge is 0.317 e. The second-order valence-corrected chi connectivity index (χ2v) is 8.63. The van der Waals surface area contributed by atoms with E-state index in [9.17, 15) is 4.79 Å². The molecular formula is C22H35ClN4O. The summed E-state index contributed by atoms with van der Waals surface area (Å²) in [6.45, 7) is 4.87. The number of carbonyl (C=O) groups is 1. The number of rotatable bonds is 5. The number of carbonyl (C=O) groups excluding carboxylic acids is 1. The van der Waals surface area contributed by atoms with Crippen LogP contribution in [0.15, 0.2) is 18.2 Å². The second-order valence-electron chi connectivity index (χ2n) is 8.25. The molecule has 3 rings (SSSR count). The lowest BCUT2D eigenvalue weighted by atomic mass is 9.84. The van der Waals surface area contributed by atoms with Gasteiger partial charge in [0.25, 0.3) is 0 Å². The Bertz CT molecular complexity index is 745. The lowest BCUT2D eigenvalue weighted by molar-refractivity contribution is 0.194. The van der Waals surface area contributed by atoms with Crippen molar-refractivity contribution in [3.8, 4) is 0 Å². The lowest BCUT2D eigenvalue weighted by Gasteiger charge is -2.37. The third-order valence-corrected chi connectivity index (χ3v) is 6.71. The van der Waals surface area contributed by atoms with Gasteiger partial charge in [-0.1, -0.05) is 23.7 Å². The number of hydrogen-bond acceptors (Lipinski definition) is 3. The van der Waals surface area contributed by atoms with Gasteiger partial charge in [-0.3, -0.25) is 4.90 Å². The van der Waals surface area contributed by atoms with Crippen LogP contribution in [0.1, 0.15) is 41.8 Å². The summed E-state index contributed by atoms with van der Waals surface area (Å²) in [5, 5.41) is 3.75. The summed E-state index contributed by atoms with van der Waals surface area (Å²) < 4.78 is 22.0. The third kappa shape index (κ3) is 5.54. The Kier molecular flexibility index (Phi) is 6.11. The van der Waals surface area contributed by atoms with Crippen LogP contribution in [0.25, 0.3) is 0 Å². The lowest BCUT2D eigenvalue weighted by Crippen LogP contribution is -2.47. The average molecular weight is 410 g/mol. The predicted molar refractivity (Wildman–Crippen MR) is 117 cm³/mol. The van der Waals surface area contributed by atoms with Gasteiger partial charge in [0.2, 0.25) is 0 Å². The Hall–Kier alpha value is -1.46. The molecule has 1 saturated heterocycles. The molecule has 0 radical (unpaired) electrons. The van der Waals surface area contributed by atoms with Gasteiger partial charge in [-0.2, -0.15) is 0 Å². The summed E-state index contributed by atoms with van der Waals surface area (Å²) in [6.07, 6.45) is 5.19. The van der Waals surface area contributed by atoms with Crippen LogP contribution >= 0.6 is 11.6 Å². The van der Waals surface area contributed by atoms with E-state index in [-0.39, 0.29) is 6.04 Å². The summed E-state index contributed by atoms with van der Waals surface area (Å²) in [6, 6.07) is 5.81. The summed E-state index contributed by atoms with van der Waals surface area (Å²) in [5.74, 6) is 0.678. The highest BCUT2D eigenvalue weighted by Crippen LogP contribution is 2.30. The van der Waals surface area contributed by atoms with E-state index in [2.05, 4.69) is 27.2 Å². The molecule has 0 bridgehead atoms. The van der Waals surface area contributed by atoms with E-state index >= 15 is 0 Å². The molecule has 1 heterocycles. The molecular weight excluding hydrogens is 372 g/mol. The molecule has 1 saturated carbocycles. The molecule has 2 aliphatic rings. The predicted octanol–water partition coefficient (Wildman–Crippen LogP) is 3.99. The molecule has 0 atom stereocenters. The standard InChI is InChI=1S/C22H35ClN4O/c1-17-5-4-6-20(21(17)23)27-15-13-26(14-16-27)12-11-18-7-9-19(10-8-18)24-22(28)25(2)3/h4-6,18-19H,7-16H2,1-3H3,(H,24,28)/i2D3. The zero-order valence-corrected chi connectivity index (χ0v) is 17.8. The maximum atomic E-state index is 12.1. The molecule has 2 amide bonds. The van der Waals surface area contributed by atoms with E-state index in [4.69, 9.17) is 15.7 Å². The van der Waals surface area contributed by atoms with E-state index < -0.39 is 13.0 Å². The number of nitrogens with one attached hydrogen (secondary N) is 1. The molecule has 156 valence electrons. The van der Waals surface area contributed by atoms with Gasteiger partial charge in [0.05, 0.1) is 10.7 Å². The van der Waals surface area contributed by atoms with Crippen LogP contribution in [-0.2, 0) is 0 Å². The fraction of sp³-hybridized carbons (Fsp3) is 0.682. The van der Waals surface area contributed by atoms with Crippen molar-refractivity contribution >= 4 is 23.3 Å². The molecule has 1 aromatic carbocycles. The minimum Gasteiger partial charge on any atom is -0.368 e.